The average molecular weight is 287 g/mol. The van der Waals surface area contributed by atoms with Gasteiger partial charge in [-0.05, 0) is 5.41 Å². The van der Waals surface area contributed by atoms with Gasteiger partial charge in [0.15, 0.2) is 6.23 Å². The van der Waals surface area contributed by atoms with Gasteiger partial charge in [0.2, 0.25) is 5.91 Å². The van der Waals surface area contributed by atoms with Gasteiger partial charge in [0.1, 0.15) is 16.4 Å². The van der Waals surface area contributed by atoms with Crippen molar-refractivity contribution in [3.05, 3.63) is 0 Å². The number of carbonyl (C=O) groups excluding carboxylic acids is 2. The third-order valence-corrected chi connectivity index (χ3v) is 4.13. The molecule has 0 saturated carbocycles. The molecule has 3 atom stereocenters. The van der Waals surface area contributed by atoms with Crippen LogP contribution in [0.4, 0.5) is 0 Å². The summed E-state index contributed by atoms with van der Waals surface area (Å²) in [6.45, 7) is 11.6. The van der Waals surface area contributed by atoms with Crippen LogP contribution in [0, 0.1) is 16.7 Å². The average Bonchev–Trinajstić information content (AvgIpc) is 2.12. The highest BCUT2D eigenvalue weighted by atomic mass is 28.2. The van der Waals surface area contributed by atoms with Gasteiger partial charge in [-0.1, -0.05) is 34.6 Å². The van der Waals surface area contributed by atoms with E-state index in [2.05, 4.69) is 26.1 Å². The van der Waals surface area contributed by atoms with Gasteiger partial charge in [0, 0.05) is 12.3 Å². The Morgan fingerprint density at radius 3 is 2.16 bits per heavy atom. The molecule has 1 aliphatic rings. The van der Waals surface area contributed by atoms with Crippen molar-refractivity contribution >= 4 is 22.4 Å². The highest BCUT2D eigenvalue weighted by molar-refractivity contribution is 5.98. The summed E-state index contributed by atoms with van der Waals surface area (Å²) >= 11 is 0. The number of rotatable bonds is 4. The van der Waals surface area contributed by atoms with Gasteiger partial charge in [-0.3, -0.25) is 9.59 Å². The number of β-lactam (4-membered cyclic amide) rings is 1. The van der Waals surface area contributed by atoms with Crippen LogP contribution in [-0.2, 0) is 18.8 Å². The first-order valence-corrected chi connectivity index (χ1v) is 7.34. The van der Waals surface area contributed by atoms with E-state index in [1.165, 1.54) is 6.92 Å². The molecule has 5 nitrogen and oxygen atoms in total. The molecule has 1 fully saturated rings. The summed E-state index contributed by atoms with van der Waals surface area (Å²) in [5, 5.41) is 2.63. The van der Waals surface area contributed by atoms with Crippen molar-refractivity contribution < 1.29 is 18.8 Å². The second-order valence-corrected chi connectivity index (χ2v) is 7.29. The molecule has 0 aromatic rings. The summed E-state index contributed by atoms with van der Waals surface area (Å²) in [4.78, 5) is 22.9. The molecule has 1 saturated heterocycles. The Balaban J connectivity index is 2.96. The van der Waals surface area contributed by atoms with E-state index in [-0.39, 0.29) is 29.3 Å². The maximum absolute atomic E-state index is 11.9. The minimum absolute atomic E-state index is 0.0687. The molecular weight excluding hydrogens is 262 g/mol. The van der Waals surface area contributed by atoms with Crippen molar-refractivity contribution in [3.63, 3.8) is 0 Å². The SMILES string of the molecule is CC(=O)O[C@H]1NC(=O)[C@@H]1C(C)(C)[C@H](O[SiH3])C(C)(C)C. The third kappa shape index (κ3) is 3.17. The van der Waals surface area contributed by atoms with E-state index in [0.29, 0.717) is 10.5 Å². The summed E-state index contributed by atoms with van der Waals surface area (Å²) in [5.74, 6) is -0.830. The molecule has 6 heteroatoms. The van der Waals surface area contributed by atoms with E-state index in [0.717, 1.165) is 0 Å². The van der Waals surface area contributed by atoms with Crippen LogP contribution in [0.25, 0.3) is 0 Å². The van der Waals surface area contributed by atoms with Crippen molar-refractivity contribution in [3.8, 4) is 0 Å². The predicted octanol–water partition coefficient (Wildman–Crippen LogP) is 0.359. The second kappa shape index (κ2) is 5.24. The van der Waals surface area contributed by atoms with Crippen molar-refractivity contribution in [1.82, 2.24) is 5.32 Å². The summed E-state index contributed by atoms with van der Waals surface area (Å²) in [5.41, 5.74) is -0.482. The Bertz CT molecular complexity index is 375. The Hall–Kier alpha value is -0.883. The molecule has 19 heavy (non-hydrogen) atoms. The molecule has 1 N–H and O–H groups in total. The lowest BCUT2D eigenvalue weighted by Crippen LogP contribution is -2.67. The zero-order chi connectivity index (χ0) is 15.0. The molecule has 1 aliphatic heterocycles. The predicted molar refractivity (Wildman–Crippen MR) is 75.2 cm³/mol. The molecule has 0 unspecified atom stereocenters. The highest BCUT2D eigenvalue weighted by Gasteiger charge is 2.56. The van der Waals surface area contributed by atoms with E-state index in [1.54, 1.807) is 0 Å². The fraction of sp³-hybridized carbons (Fsp3) is 0.846. The Labute approximate surface area is 118 Å². The van der Waals surface area contributed by atoms with Crippen LogP contribution in [0.15, 0.2) is 0 Å². The normalized spacial score (nSPS) is 25.5. The van der Waals surface area contributed by atoms with Crippen LogP contribution in [-0.4, -0.2) is 34.7 Å². The van der Waals surface area contributed by atoms with Crippen molar-refractivity contribution in [2.24, 2.45) is 16.7 Å². The van der Waals surface area contributed by atoms with Crippen LogP contribution < -0.4 is 5.32 Å². The minimum Gasteiger partial charge on any atom is -0.441 e. The van der Waals surface area contributed by atoms with Gasteiger partial charge in [-0.15, -0.1) is 0 Å². The minimum atomic E-state index is -0.540. The van der Waals surface area contributed by atoms with Crippen LogP contribution >= 0.6 is 0 Å². The highest BCUT2D eigenvalue weighted by Crippen LogP contribution is 2.45. The second-order valence-electron chi connectivity index (χ2n) is 6.82. The molecule has 0 radical (unpaired) electrons. The maximum atomic E-state index is 11.9. The molecule has 1 heterocycles. The third-order valence-electron chi connectivity index (χ3n) is 3.66. The molecule has 0 spiro atoms. The molecule has 0 aliphatic carbocycles. The lowest BCUT2D eigenvalue weighted by Gasteiger charge is -2.51. The molecular formula is C13H25NO4Si. The number of carbonyl (C=O) groups is 2. The topological polar surface area (TPSA) is 64.6 Å². The maximum Gasteiger partial charge on any atom is 0.304 e. The first kappa shape index (κ1) is 16.2. The van der Waals surface area contributed by atoms with Crippen molar-refractivity contribution in [2.75, 3.05) is 0 Å². The Morgan fingerprint density at radius 2 is 1.84 bits per heavy atom. The van der Waals surface area contributed by atoms with Gasteiger partial charge < -0.3 is 14.5 Å². The molecule has 1 rings (SSSR count). The number of ether oxygens (including phenoxy) is 1. The van der Waals surface area contributed by atoms with Gasteiger partial charge in [-0.2, -0.15) is 0 Å². The Morgan fingerprint density at radius 1 is 1.32 bits per heavy atom. The van der Waals surface area contributed by atoms with E-state index in [4.69, 9.17) is 9.16 Å². The van der Waals surface area contributed by atoms with Crippen molar-refractivity contribution in [2.45, 2.75) is 53.9 Å². The number of amides is 1. The number of nitrogens with one attached hydrogen (secondary N) is 1. The molecule has 1 amide bonds. The number of hydrogen-bond acceptors (Lipinski definition) is 4. The zero-order valence-electron chi connectivity index (χ0n) is 12.9. The quantitative estimate of drug-likeness (QED) is 0.461. The number of esters is 1. The fourth-order valence-corrected chi connectivity index (χ4v) is 4.61. The van der Waals surface area contributed by atoms with Crippen LogP contribution in [0.5, 0.6) is 0 Å². The zero-order valence-corrected chi connectivity index (χ0v) is 14.9. The number of hydrogen-bond donors (Lipinski definition) is 1. The van der Waals surface area contributed by atoms with Gasteiger partial charge in [0.25, 0.3) is 0 Å². The van der Waals surface area contributed by atoms with Crippen LogP contribution in [0.3, 0.4) is 0 Å². The monoisotopic (exact) mass is 287 g/mol. The van der Waals surface area contributed by atoms with E-state index in [9.17, 15) is 9.59 Å². The summed E-state index contributed by atoms with van der Waals surface area (Å²) in [6, 6.07) is 0. The Kier molecular flexibility index (Phi) is 4.46. The lowest BCUT2D eigenvalue weighted by molar-refractivity contribution is -0.184. The molecule has 110 valence electrons. The fourth-order valence-electron chi connectivity index (χ4n) is 3.30. The molecule has 0 aromatic carbocycles. The lowest BCUT2D eigenvalue weighted by atomic mass is 9.63. The first-order chi connectivity index (χ1) is 8.51. The van der Waals surface area contributed by atoms with Crippen LogP contribution in [0.1, 0.15) is 41.5 Å². The largest absolute Gasteiger partial charge is 0.441 e. The van der Waals surface area contributed by atoms with Gasteiger partial charge >= 0.3 is 5.97 Å². The first-order valence-electron chi connectivity index (χ1n) is 6.52. The smallest absolute Gasteiger partial charge is 0.304 e. The van der Waals surface area contributed by atoms with Crippen LogP contribution in [0.2, 0.25) is 0 Å². The molecule has 0 bridgehead atoms. The summed E-state index contributed by atoms with van der Waals surface area (Å²) in [7, 11) is 0.602. The van der Waals surface area contributed by atoms with E-state index < -0.39 is 11.6 Å². The summed E-state index contributed by atoms with van der Waals surface area (Å²) in [6.07, 6.45) is -0.609. The summed E-state index contributed by atoms with van der Waals surface area (Å²) < 4.78 is 10.9. The van der Waals surface area contributed by atoms with Gasteiger partial charge in [0.05, 0.1) is 6.10 Å². The van der Waals surface area contributed by atoms with Gasteiger partial charge in [-0.25, -0.2) is 0 Å². The van der Waals surface area contributed by atoms with E-state index >= 15 is 0 Å². The van der Waals surface area contributed by atoms with E-state index in [1.807, 2.05) is 13.8 Å². The van der Waals surface area contributed by atoms with Crippen molar-refractivity contribution in [1.29, 1.82) is 0 Å². The standard InChI is InChI=1S/C13H25NO4Si/c1-7(15)17-10-8(9(16)14-10)13(5,6)11(18-19)12(2,3)4/h8,10-11H,1-6,19H3,(H,14,16)/t8-,10+,11+/m0/s1. The molecule has 0 aromatic heterocycles.